The van der Waals surface area contributed by atoms with Crippen molar-refractivity contribution in [3.63, 3.8) is 0 Å². The lowest BCUT2D eigenvalue weighted by Crippen LogP contribution is -2.31. The van der Waals surface area contributed by atoms with E-state index in [1.165, 1.54) is 19.1 Å². The summed E-state index contributed by atoms with van der Waals surface area (Å²) < 4.78 is 10.5. The zero-order valence-electron chi connectivity index (χ0n) is 14.3. The predicted octanol–water partition coefficient (Wildman–Crippen LogP) is 2.84. The molecular formula is C19H19NO5. The number of amides is 1. The minimum Gasteiger partial charge on any atom is -0.493 e. The van der Waals surface area contributed by atoms with Gasteiger partial charge in [-0.15, -0.1) is 0 Å². The number of ether oxygens (including phenoxy) is 2. The number of anilines is 1. The Balaban J connectivity index is 2.04. The van der Waals surface area contributed by atoms with E-state index in [2.05, 4.69) is 0 Å². The first-order valence-corrected chi connectivity index (χ1v) is 7.84. The van der Waals surface area contributed by atoms with Crippen LogP contribution in [0.5, 0.6) is 11.5 Å². The highest BCUT2D eigenvalue weighted by Crippen LogP contribution is 2.38. The van der Waals surface area contributed by atoms with Crippen molar-refractivity contribution in [2.75, 3.05) is 25.7 Å². The Hall–Kier alpha value is -3.02. The van der Waals surface area contributed by atoms with Crippen LogP contribution in [0.3, 0.4) is 0 Å². The lowest BCUT2D eigenvalue weighted by Gasteiger charge is -2.20. The van der Waals surface area contributed by atoms with Gasteiger partial charge in [0.25, 0.3) is 5.91 Å². The molecule has 1 unspecified atom stereocenters. The van der Waals surface area contributed by atoms with E-state index >= 15 is 0 Å². The molecule has 6 nitrogen and oxygen atoms in total. The summed E-state index contributed by atoms with van der Waals surface area (Å²) in [6.07, 6.45) is 0. The van der Waals surface area contributed by atoms with Crippen LogP contribution in [-0.2, 0) is 4.79 Å². The molecule has 0 saturated heterocycles. The van der Waals surface area contributed by atoms with Crippen LogP contribution in [0, 0.1) is 6.92 Å². The van der Waals surface area contributed by atoms with Gasteiger partial charge in [0.2, 0.25) is 0 Å². The molecular weight excluding hydrogens is 322 g/mol. The molecule has 1 N–H and O–H groups in total. The largest absolute Gasteiger partial charge is 0.493 e. The molecule has 2 aromatic rings. The van der Waals surface area contributed by atoms with Gasteiger partial charge in [-0.25, -0.2) is 0 Å². The molecule has 25 heavy (non-hydrogen) atoms. The van der Waals surface area contributed by atoms with Crippen molar-refractivity contribution in [1.82, 2.24) is 0 Å². The summed E-state index contributed by atoms with van der Waals surface area (Å²) in [5, 5.41) is 9.46. The topological polar surface area (TPSA) is 76.1 Å². The molecule has 130 valence electrons. The van der Waals surface area contributed by atoms with Crippen molar-refractivity contribution >= 4 is 17.6 Å². The Morgan fingerprint density at radius 3 is 2.40 bits per heavy atom. The van der Waals surface area contributed by atoms with Crippen LogP contribution >= 0.6 is 0 Å². The maximum atomic E-state index is 13.1. The molecule has 6 heteroatoms. The van der Waals surface area contributed by atoms with E-state index in [1.807, 2.05) is 6.92 Å². The second kappa shape index (κ2) is 6.47. The van der Waals surface area contributed by atoms with Crippen molar-refractivity contribution < 1.29 is 24.2 Å². The summed E-state index contributed by atoms with van der Waals surface area (Å²) in [5.41, 5.74) is 2.48. The number of carbonyl (C=O) groups excluding carboxylic acids is 1. The predicted molar refractivity (Wildman–Crippen MR) is 92.8 cm³/mol. The quantitative estimate of drug-likeness (QED) is 0.925. The van der Waals surface area contributed by atoms with Crippen LogP contribution in [-0.4, -0.2) is 37.7 Å². The Kier molecular flexibility index (Phi) is 4.35. The van der Waals surface area contributed by atoms with Gasteiger partial charge in [0, 0.05) is 17.8 Å². The molecule has 3 rings (SSSR count). The number of methoxy groups -OCH3 is 2. The van der Waals surface area contributed by atoms with E-state index in [4.69, 9.17) is 9.47 Å². The summed E-state index contributed by atoms with van der Waals surface area (Å²) in [5.74, 6) is -0.914. The standard InChI is InChI=1S/C19H19NO5/c1-11-8-16(24-2)17(25-3)9-13(11)18(21)20-10-14(19(22)23)12-6-4-5-7-15(12)20/h4-9,14H,10H2,1-3H3,(H,22,23). The molecule has 0 aromatic heterocycles. The number of carboxylic acid groups (broad SMARTS) is 1. The van der Waals surface area contributed by atoms with Crippen LogP contribution in [0.2, 0.25) is 0 Å². The van der Waals surface area contributed by atoms with Crippen molar-refractivity contribution in [3.8, 4) is 11.5 Å². The molecule has 0 bridgehead atoms. The van der Waals surface area contributed by atoms with Crippen LogP contribution in [0.25, 0.3) is 0 Å². The Bertz CT molecular complexity index is 846. The highest BCUT2D eigenvalue weighted by atomic mass is 16.5. The zero-order valence-corrected chi connectivity index (χ0v) is 14.3. The minimum absolute atomic E-state index is 0.112. The maximum Gasteiger partial charge on any atom is 0.312 e. The number of nitrogens with zero attached hydrogens (tertiary/aromatic N) is 1. The number of benzene rings is 2. The van der Waals surface area contributed by atoms with Crippen LogP contribution in [0.4, 0.5) is 5.69 Å². The monoisotopic (exact) mass is 341 g/mol. The van der Waals surface area contributed by atoms with Crippen molar-refractivity contribution in [3.05, 3.63) is 53.1 Å². The molecule has 0 fully saturated rings. The first-order chi connectivity index (χ1) is 12.0. The fourth-order valence-corrected chi connectivity index (χ4v) is 3.17. The first kappa shape index (κ1) is 16.8. The number of hydrogen-bond acceptors (Lipinski definition) is 4. The van der Waals surface area contributed by atoms with Crippen molar-refractivity contribution in [2.45, 2.75) is 12.8 Å². The van der Waals surface area contributed by atoms with Gasteiger partial charge in [-0.3, -0.25) is 9.59 Å². The smallest absolute Gasteiger partial charge is 0.312 e. The molecule has 1 amide bonds. The molecule has 1 aliphatic rings. The zero-order chi connectivity index (χ0) is 18.1. The highest BCUT2D eigenvalue weighted by molar-refractivity contribution is 6.09. The Labute approximate surface area is 145 Å². The normalized spacial score (nSPS) is 15.6. The maximum absolute atomic E-state index is 13.1. The molecule has 1 aliphatic heterocycles. The first-order valence-electron chi connectivity index (χ1n) is 7.84. The average Bonchev–Trinajstić information content (AvgIpc) is 3.00. The van der Waals surface area contributed by atoms with Gasteiger partial charge in [0.15, 0.2) is 11.5 Å². The minimum atomic E-state index is -0.938. The van der Waals surface area contributed by atoms with Gasteiger partial charge < -0.3 is 19.5 Å². The number of carboxylic acids is 1. The van der Waals surface area contributed by atoms with Gasteiger partial charge in [-0.2, -0.15) is 0 Å². The summed E-state index contributed by atoms with van der Waals surface area (Å²) in [7, 11) is 3.04. The summed E-state index contributed by atoms with van der Waals surface area (Å²) in [6.45, 7) is 1.92. The molecule has 0 saturated carbocycles. The third-order valence-electron chi connectivity index (χ3n) is 4.47. The fourth-order valence-electron chi connectivity index (χ4n) is 3.17. The van der Waals surface area contributed by atoms with Gasteiger partial charge in [0.05, 0.1) is 14.2 Å². The number of rotatable bonds is 4. The number of aliphatic carboxylic acids is 1. The average molecular weight is 341 g/mol. The van der Waals surface area contributed by atoms with Gasteiger partial charge in [-0.05, 0) is 36.2 Å². The van der Waals surface area contributed by atoms with E-state index in [1.54, 1.807) is 36.4 Å². The highest BCUT2D eigenvalue weighted by Gasteiger charge is 2.37. The molecule has 0 aliphatic carbocycles. The van der Waals surface area contributed by atoms with E-state index in [0.717, 1.165) is 5.56 Å². The molecule has 2 aromatic carbocycles. The van der Waals surface area contributed by atoms with E-state index < -0.39 is 11.9 Å². The fraction of sp³-hybridized carbons (Fsp3) is 0.263. The third kappa shape index (κ3) is 2.80. The number of aryl methyl sites for hydroxylation is 1. The SMILES string of the molecule is COc1cc(C)c(C(=O)N2CC(C(=O)O)c3ccccc32)cc1OC. The second-order valence-corrected chi connectivity index (χ2v) is 5.89. The number of fused-ring (bicyclic) bond motifs is 1. The van der Waals surface area contributed by atoms with Gasteiger partial charge >= 0.3 is 5.97 Å². The number of hydrogen-bond donors (Lipinski definition) is 1. The second-order valence-electron chi connectivity index (χ2n) is 5.89. The van der Waals surface area contributed by atoms with Gasteiger partial charge in [-0.1, -0.05) is 18.2 Å². The van der Waals surface area contributed by atoms with Crippen LogP contribution < -0.4 is 14.4 Å². The van der Waals surface area contributed by atoms with Crippen LogP contribution in [0.15, 0.2) is 36.4 Å². The number of para-hydroxylation sites is 1. The number of carbonyl (C=O) groups is 2. The third-order valence-corrected chi connectivity index (χ3v) is 4.47. The Morgan fingerprint density at radius 2 is 1.76 bits per heavy atom. The lowest BCUT2D eigenvalue weighted by atomic mass is 10.0. The summed E-state index contributed by atoms with van der Waals surface area (Å²) in [4.78, 5) is 26.2. The lowest BCUT2D eigenvalue weighted by molar-refractivity contribution is -0.138. The van der Waals surface area contributed by atoms with E-state index in [9.17, 15) is 14.7 Å². The summed E-state index contributed by atoms with van der Waals surface area (Å²) >= 11 is 0. The van der Waals surface area contributed by atoms with Crippen LogP contribution in [0.1, 0.15) is 27.4 Å². The van der Waals surface area contributed by atoms with Crippen molar-refractivity contribution in [1.29, 1.82) is 0 Å². The summed E-state index contributed by atoms with van der Waals surface area (Å²) in [6, 6.07) is 10.5. The molecule has 0 spiro atoms. The van der Waals surface area contributed by atoms with Crippen molar-refractivity contribution in [2.24, 2.45) is 0 Å². The molecule has 0 radical (unpaired) electrons. The van der Waals surface area contributed by atoms with E-state index in [-0.39, 0.29) is 12.5 Å². The molecule has 1 atom stereocenters. The Morgan fingerprint density at radius 1 is 1.12 bits per heavy atom. The van der Waals surface area contributed by atoms with E-state index in [0.29, 0.717) is 28.3 Å². The van der Waals surface area contributed by atoms with Gasteiger partial charge in [0.1, 0.15) is 5.92 Å². The molecule has 1 heterocycles.